The summed E-state index contributed by atoms with van der Waals surface area (Å²) in [5.74, 6) is -2.91. The molecule has 0 saturated carbocycles. The number of rotatable bonds is 20. The molecule has 0 aromatic carbocycles. The van der Waals surface area contributed by atoms with Crippen LogP contribution in [0.25, 0.3) is 0 Å². The maximum Gasteiger partial charge on any atom is 0.308 e. The van der Waals surface area contributed by atoms with Gasteiger partial charge in [0.2, 0.25) is 12.4 Å². The summed E-state index contributed by atoms with van der Waals surface area (Å²) in [5.41, 5.74) is -0.173. The van der Waals surface area contributed by atoms with E-state index in [1.165, 1.54) is 7.11 Å². The van der Waals surface area contributed by atoms with Gasteiger partial charge in [-0.2, -0.15) is 0 Å². The van der Waals surface area contributed by atoms with Gasteiger partial charge in [-0.25, -0.2) is 0 Å². The highest BCUT2D eigenvalue weighted by molar-refractivity contribution is 6.77. The summed E-state index contributed by atoms with van der Waals surface area (Å²) >= 11 is 0. The Balaban J connectivity index is 2.68. The van der Waals surface area contributed by atoms with E-state index in [4.69, 9.17) is 42.3 Å². The molecular formula is C29H52O13Si. The highest BCUT2D eigenvalue weighted by atomic mass is 28.4. The number of hydrogen-bond donors (Lipinski definition) is 0. The van der Waals surface area contributed by atoms with Gasteiger partial charge >= 0.3 is 23.9 Å². The molecule has 4 atom stereocenters. The van der Waals surface area contributed by atoms with Crippen molar-refractivity contribution in [2.45, 2.75) is 109 Å². The molecule has 1 saturated heterocycles. The van der Waals surface area contributed by atoms with Crippen molar-refractivity contribution in [1.82, 2.24) is 0 Å². The average Bonchev–Trinajstić information content (AvgIpc) is 3.13. The van der Waals surface area contributed by atoms with E-state index in [1.54, 1.807) is 0 Å². The molecule has 1 aliphatic heterocycles. The summed E-state index contributed by atoms with van der Waals surface area (Å²) in [5, 5.41) is 0. The van der Waals surface area contributed by atoms with Crippen LogP contribution >= 0.6 is 0 Å². The number of carbonyl (C=O) groups is 4. The van der Waals surface area contributed by atoms with Crippen molar-refractivity contribution >= 4 is 32.2 Å². The summed E-state index contributed by atoms with van der Waals surface area (Å²) in [6.07, 6.45) is -4.57. The molecule has 250 valence electrons. The second-order valence-electron chi connectivity index (χ2n) is 11.5. The quantitative estimate of drug-likeness (QED) is 0.0832. The fourth-order valence-corrected chi connectivity index (χ4v) is 11.2. The van der Waals surface area contributed by atoms with Crippen LogP contribution in [0.15, 0.2) is 0 Å². The summed E-state index contributed by atoms with van der Waals surface area (Å²) in [6.45, 7) is 18.6. The van der Waals surface area contributed by atoms with Crippen molar-refractivity contribution in [3.8, 4) is 0 Å². The third-order valence-corrected chi connectivity index (χ3v) is 13.5. The van der Waals surface area contributed by atoms with E-state index in [2.05, 4.69) is 41.5 Å². The van der Waals surface area contributed by atoms with Crippen LogP contribution in [0.1, 0.15) is 68.7 Å². The molecule has 14 heteroatoms. The van der Waals surface area contributed by atoms with E-state index in [1.807, 2.05) is 0 Å². The zero-order valence-electron chi connectivity index (χ0n) is 27.4. The Kier molecular flexibility index (Phi) is 16.9. The van der Waals surface area contributed by atoms with E-state index in [0.717, 1.165) is 20.8 Å². The lowest BCUT2D eigenvalue weighted by molar-refractivity contribution is -0.214. The average molecular weight is 637 g/mol. The third-order valence-electron chi connectivity index (χ3n) is 7.36. The molecule has 0 aromatic heterocycles. The molecule has 0 N–H and O–H groups in total. The molecule has 0 spiro atoms. The SMILES string of the molecule is COC(=O)C[C@]1(COCCOCCOCCO[Si](C(C)C)(C(C)C)C(C)C)OC(OC(C)=O)[C@H](OC(C)=O)[C@@H]1OC(C)=O. The zero-order chi connectivity index (χ0) is 32.8. The number of hydrogen-bond acceptors (Lipinski definition) is 13. The first-order valence-electron chi connectivity index (χ1n) is 14.8. The Morgan fingerprint density at radius 1 is 0.698 bits per heavy atom. The minimum absolute atomic E-state index is 0.0872. The first-order chi connectivity index (χ1) is 20.1. The fraction of sp³-hybridized carbons (Fsp3) is 0.862. The van der Waals surface area contributed by atoms with Gasteiger partial charge in [-0.3, -0.25) is 19.2 Å². The van der Waals surface area contributed by atoms with E-state index in [9.17, 15) is 19.2 Å². The highest BCUT2D eigenvalue weighted by Gasteiger charge is 2.61. The van der Waals surface area contributed by atoms with Crippen molar-refractivity contribution in [1.29, 1.82) is 0 Å². The standard InChI is InChI=1S/C29H52O13Si/c1-19(2)43(20(3)4,21(5)6)38-16-15-36-12-11-35-13-14-37-18-29(17-25(33)34-10)27(40-23(8)31)26(39-22(7)30)28(42-29)41-24(9)32/h19-21,26-28H,11-18H2,1-10H3/t26-,27+,28?,29-/m1/s1. The predicted molar refractivity (Wildman–Crippen MR) is 157 cm³/mol. The van der Waals surface area contributed by atoms with E-state index < -0.39 is 62.7 Å². The molecule has 1 unspecified atom stereocenters. The van der Waals surface area contributed by atoms with Crippen LogP contribution in [-0.2, 0) is 61.5 Å². The molecule has 1 heterocycles. The largest absolute Gasteiger partial charge is 0.469 e. The van der Waals surface area contributed by atoms with Gasteiger partial charge in [0.25, 0.3) is 0 Å². The topological polar surface area (TPSA) is 151 Å². The van der Waals surface area contributed by atoms with Crippen LogP contribution in [0.2, 0.25) is 16.6 Å². The Morgan fingerprint density at radius 2 is 1.16 bits per heavy atom. The van der Waals surface area contributed by atoms with Gasteiger partial charge in [-0.05, 0) is 16.6 Å². The van der Waals surface area contributed by atoms with Gasteiger partial charge in [0.15, 0.2) is 14.4 Å². The zero-order valence-corrected chi connectivity index (χ0v) is 28.4. The number of methoxy groups -OCH3 is 1. The first kappa shape index (κ1) is 38.9. The van der Waals surface area contributed by atoms with Crippen molar-refractivity contribution in [3.05, 3.63) is 0 Å². The highest BCUT2D eigenvalue weighted by Crippen LogP contribution is 2.42. The lowest BCUT2D eigenvalue weighted by Gasteiger charge is -2.42. The summed E-state index contributed by atoms with van der Waals surface area (Å²) < 4.78 is 50.1. The number of carbonyl (C=O) groups excluding carboxylic acids is 4. The molecule has 1 rings (SSSR count). The summed E-state index contributed by atoms with van der Waals surface area (Å²) in [7, 11) is -0.752. The number of esters is 4. The van der Waals surface area contributed by atoms with Crippen LogP contribution in [-0.4, -0.2) is 110 Å². The summed E-state index contributed by atoms with van der Waals surface area (Å²) in [4.78, 5) is 47.8. The second-order valence-corrected chi connectivity index (χ2v) is 16.9. The van der Waals surface area contributed by atoms with Gasteiger partial charge in [0, 0.05) is 20.8 Å². The van der Waals surface area contributed by atoms with Gasteiger partial charge < -0.3 is 42.3 Å². The molecule has 43 heavy (non-hydrogen) atoms. The Morgan fingerprint density at radius 3 is 1.60 bits per heavy atom. The van der Waals surface area contributed by atoms with Gasteiger partial charge in [0.1, 0.15) is 5.60 Å². The van der Waals surface area contributed by atoms with Gasteiger partial charge in [0.05, 0.1) is 59.8 Å². The molecule has 1 aliphatic rings. The summed E-state index contributed by atoms with van der Waals surface area (Å²) in [6, 6.07) is 0. The van der Waals surface area contributed by atoms with Crippen molar-refractivity contribution in [2.75, 3.05) is 53.4 Å². The minimum atomic E-state index is -1.93. The maximum atomic E-state index is 12.3. The molecular weight excluding hydrogens is 584 g/mol. The van der Waals surface area contributed by atoms with E-state index in [-0.39, 0.29) is 19.8 Å². The normalized spacial score (nSPS) is 22.2. The number of ether oxygens (including phenoxy) is 8. The molecule has 0 amide bonds. The van der Waals surface area contributed by atoms with E-state index >= 15 is 0 Å². The fourth-order valence-electron chi connectivity index (χ4n) is 5.81. The molecule has 1 fully saturated rings. The lowest BCUT2D eigenvalue weighted by Crippen LogP contribution is -2.51. The molecule has 0 bridgehead atoms. The molecule has 0 aromatic rings. The van der Waals surface area contributed by atoms with Crippen molar-refractivity contribution in [3.63, 3.8) is 0 Å². The molecule has 0 radical (unpaired) electrons. The van der Waals surface area contributed by atoms with Crippen LogP contribution in [0.4, 0.5) is 0 Å². The monoisotopic (exact) mass is 636 g/mol. The smallest absolute Gasteiger partial charge is 0.308 e. The molecule has 13 nitrogen and oxygen atoms in total. The van der Waals surface area contributed by atoms with Crippen LogP contribution in [0.5, 0.6) is 0 Å². The minimum Gasteiger partial charge on any atom is -0.469 e. The predicted octanol–water partition coefficient (Wildman–Crippen LogP) is 3.31. The lowest BCUT2D eigenvalue weighted by atomic mass is 9.92. The van der Waals surface area contributed by atoms with Crippen molar-refractivity contribution < 1.29 is 61.5 Å². The van der Waals surface area contributed by atoms with E-state index in [0.29, 0.717) is 43.1 Å². The van der Waals surface area contributed by atoms with Crippen molar-refractivity contribution in [2.24, 2.45) is 0 Å². The third kappa shape index (κ3) is 11.7. The Bertz CT molecular complexity index is 872. The van der Waals surface area contributed by atoms with Gasteiger partial charge in [-0.15, -0.1) is 0 Å². The molecule has 0 aliphatic carbocycles. The second kappa shape index (κ2) is 18.6. The van der Waals surface area contributed by atoms with Crippen LogP contribution in [0.3, 0.4) is 0 Å². The van der Waals surface area contributed by atoms with Crippen LogP contribution < -0.4 is 0 Å². The first-order valence-corrected chi connectivity index (χ1v) is 16.9. The van der Waals surface area contributed by atoms with Gasteiger partial charge in [-0.1, -0.05) is 41.5 Å². The Hall–Kier alpha value is -2.10. The van der Waals surface area contributed by atoms with Crippen LogP contribution in [0, 0.1) is 0 Å². The Labute approximate surface area is 256 Å². The maximum absolute atomic E-state index is 12.3.